The number of nitrogens with one attached hydrogen (secondary N) is 1. The topological polar surface area (TPSA) is 172 Å². The number of quaternary nitrogens is 1. The molecule has 0 aromatic heterocycles. The van der Waals surface area contributed by atoms with Gasteiger partial charge in [0.15, 0.2) is 0 Å². The minimum absolute atomic E-state index is 0. The molecule has 1 amide bonds. The smallest absolute Gasteiger partial charge is 0.469 e. The van der Waals surface area contributed by atoms with E-state index in [-0.39, 0.29) is 12.6 Å². The van der Waals surface area contributed by atoms with Crippen LogP contribution in [0.2, 0.25) is 0 Å². The van der Waals surface area contributed by atoms with E-state index in [4.69, 9.17) is 9.79 Å². The summed E-state index contributed by atoms with van der Waals surface area (Å²) in [6.07, 6.45) is 15.6. The summed E-state index contributed by atoms with van der Waals surface area (Å²) in [6.45, 7) is 1.39. The molecule has 0 rings (SSSR count). The van der Waals surface area contributed by atoms with Gasteiger partial charge in [-0.3, -0.25) is 9.32 Å². The van der Waals surface area contributed by atoms with Crippen molar-refractivity contribution in [1.82, 2.24) is 11.5 Å². The SMILES string of the molecule is CCCCCCCCCCCCCCCC(=O)N[C@@H](COP(=O)(O)O)C(=O)[O-].[NH4+]. The summed E-state index contributed by atoms with van der Waals surface area (Å²) in [7, 11) is -4.80. The molecule has 29 heavy (non-hydrogen) atoms. The molecule has 0 fully saturated rings. The summed E-state index contributed by atoms with van der Waals surface area (Å²) in [5, 5.41) is 13.0. The second-order valence-corrected chi connectivity index (χ2v) is 8.46. The minimum Gasteiger partial charge on any atom is -0.548 e. The van der Waals surface area contributed by atoms with Crippen molar-refractivity contribution in [1.29, 1.82) is 0 Å². The first-order valence-corrected chi connectivity index (χ1v) is 12.0. The summed E-state index contributed by atoms with van der Waals surface area (Å²) in [6, 6.07) is -1.58. The second-order valence-electron chi connectivity index (χ2n) is 7.22. The predicted molar refractivity (Wildman–Crippen MR) is 111 cm³/mol. The monoisotopic (exact) mass is 440 g/mol. The van der Waals surface area contributed by atoms with Gasteiger partial charge >= 0.3 is 7.82 Å². The molecule has 0 saturated carbocycles. The lowest BCUT2D eigenvalue weighted by molar-refractivity contribution is -0.308. The van der Waals surface area contributed by atoms with Crippen molar-refractivity contribution in [3.8, 4) is 0 Å². The van der Waals surface area contributed by atoms with Crippen molar-refractivity contribution < 1.29 is 33.6 Å². The number of phosphoric acid groups is 1. The Morgan fingerprint density at radius 1 is 0.897 bits per heavy atom. The van der Waals surface area contributed by atoms with E-state index in [1.807, 2.05) is 0 Å². The quantitative estimate of drug-likeness (QED) is 0.176. The van der Waals surface area contributed by atoms with Crippen LogP contribution >= 0.6 is 7.82 Å². The number of carboxylic acid groups (broad SMARTS) is 1. The molecule has 0 bridgehead atoms. The molecule has 9 nitrogen and oxygen atoms in total. The average molecular weight is 441 g/mol. The standard InChI is InChI=1S/C19H38NO7P.H3N/c1-2-3-4-5-6-7-8-9-10-11-12-13-14-15-18(21)20-17(19(22)23)16-27-28(24,25)26;/h17H,2-16H2,1H3,(H,20,21)(H,22,23)(H2,24,25,26);1H3/t17-;/m0./s1. The predicted octanol–water partition coefficient (Wildman–Crippen LogP) is 3.19. The fourth-order valence-corrected chi connectivity index (χ4v) is 3.25. The van der Waals surface area contributed by atoms with Gasteiger partial charge in [0, 0.05) is 6.42 Å². The molecule has 10 heteroatoms. The number of unbranched alkanes of at least 4 members (excludes halogenated alkanes) is 12. The van der Waals surface area contributed by atoms with Crippen LogP contribution in [0.3, 0.4) is 0 Å². The van der Waals surface area contributed by atoms with E-state index >= 15 is 0 Å². The van der Waals surface area contributed by atoms with Crippen molar-refractivity contribution in [3.05, 3.63) is 0 Å². The summed E-state index contributed by atoms with van der Waals surface area (Å²) in [5.41, 5.74) is 0. The average Bonchev–Trinajstić information content (AvgIpc) is 2.61. The maximum Gasteiger partial charge on any atom is 0.469 e. The molecular formula is C19H41N2O7P. The number of hydrogen-bond donors (Lipinski definition) is 4. The first kappa shape index (κ1) is 30.2. The number of carbonyl (C=O) groups is 2. The Kier molecular flexibility index (Phi) is 19.8. The lowest BCUT2D eigenvalue weighted by Gasteiger charge is -2.19. The van der Waals surface area contributed by atoms with Gasteiger partial charge in [0.05, 0.1) is 18.6 Å². The van der Waals surface area contributed by atoms with E-state index in [1.165, 1.54) is 57.8 Å². The highest BCUT2D eigenvalue weighted by Gasteiger charge is 2.20. The molecule has 0 aliphatic carbocycles. The van der Waals surface area contributed by atoms with E-state index in [0.29, 0.717) is 6.42 Å². The zero-order chi connectivity index (χ0) is 21.3. The van der Waals surface area contributed by atoms with E-state index in [0.717, 1.165) is 19.3 Å². The first-order chi connectivity index (χ1) is 13.3. The van der Waals surface area contributed by atoms with Gasteiger partial charge in [0.2, 0.25) is 5.91 Å². The van der Waals surface area contributed by atoms with Gasteiger partial charge in [-0.15, -0.1) is 0 Å². The molecule has 0 heterocycles. The molecule has 0 unspecified atom stereocenters. The Morgan fingerprint density at radius 2 is 1.31 bits per heavy atom. The number of hydrogen-bond acceptors (Lipinski definition) is 5. The molecule has 174 valence electrons. The first-order valence-electron chi connectivity index (χ1n) is 10.5. The Hall–Kier alpha value is -0.990. The number of carboxylic acids is 1. The van der Waals surface area contributed by atoms with Crippen LogP contribution in [0.25, 0.3) is 0 Å². The van der Waals surface area contributed by atoms with Gasteiger partial charge in [0.1, 0.15) is 0 Å². The lowest BCUT2D eigenvalue weighted by Crippen LogP contribution is -2.50. The fourth-order valence-electron chi connectivity index (χ4n) is 2.91. The van der Waals surface area contributed by atoms with E-state index < -0.39 is 32.3 Å². The molecule has 7 N–H and O–H groups in total. The van der Waals surface area contributed by atoms with Gasteiger partial charge in [-0.25, -0.2) is 4.57 Å². The number of carbonyl (C=O) groups excluding carboxylic acids is 2. The van der Waals surface area contributed by atoms with Gasteiger partial charge in [-0.1, -0.05) is 84.0 Å². The molecule has 0 aromatic carbocycles. The maximum absolute atomic E-state index is 11.7. The Balaban J connectivity index is 0. The number of phosphoric ester groups is 1. The number of aliphatic carboxylic acids is 1. The van der Waals surface area contributed by atoms with Gasteiger partial charge in [-0.05, 0) is 6.42 Å². The third kappa shape index (κ3) is 21.5. The Labute approximate surface area is 174 Å². The summed E-state index contributed by atoms with van der Waals surface area (Å²) >= 11 is 0. The Morgan fingerprint density at radius 3 is 1.69 bits per heavy atom. The van der Waals surface area contributed by atoms with Crippen molar-refractivity contribution in [2.24, 2.45) is 0 Å². The molecule has 0 aliphatic heterocycles. The third-order valence-electron chi connectivity index (χ3n) is 4.54. The number of rotatable bonds is 19. The third-order valence-corrected chi connectivity index (χ3v) is 5.02. The zero-order valence-corrected chi connectivity index (χ0v) is 19.0. The van der Waals surface area contributed by atoms with Gasteiger partial charge < -0.3 is 31.2 Å². The molecule has 1 atom stereocenters. The van der Waals surface area contributed by atoms with Crippen LogP contribution in [-0.2, 0) is 18.7 Å². The highest BCUT2D eigenvalue weighted by atomic mass is 31.2. The van der Waals surface area contributed by atoms with E-state index in [1.54, 1.807) is 0 Å². The highest BCUT2D eigenvalue weighted by molar-refractivity contribution is 7.46. The van der Waals surface area contributed by atoms with E-state index in [2.05, 4.69) is 16.8 Å². The minimum atomic E-state index is -4.80. The lowest BCUT2D eigenvalue weighted by atomic mass is 10.0. The van der Waals surface area contributed by atoms with Crippen molar-refractivity contribution >= 4 is 19.7 Å². The van der Waals surface area contributed by atoms with Crippen LogP contribution < -0.4 is 16.6 Å². The van der Waals surface area contributed by atoms with E-state index in [9.17, 15) is 19.3 Å². The summed E-state index contributed by atoms with van der Waals surface area (Å²) < 4.78 is 14.7. The second kappa shape index (κ2) is 19.0. The van der Waals surface area contributed by atoms with Crippen LogP contribution in [0, 0.1) is 0 Å². The van der Waals surface area contributed by atoms with Crippen LogP contribution in [0.5, 0.6) is 0 Å². The molecule has 0 aromatic rings. The maximum atomic E-state index is 11.7. The molecule has 0 radical (unpaired) electrons. The number of amides is 1. The van der Waals surface area contributed by atoms with Crippen molar-refractivity contribution in [2.45, 2.75) is 103 Å². The zero-order valence-electron chi connectivity index (χ0n) is 18.1. The van der Waals surface area contributed by atoms with Crippen molar-refractivity contribution in [3.63, 3.8) is 0 Å². The molecular weight excluding hydrogens is 399 g/mol. The molecule has 0 saturated heterocycles. The van der Waals surface area contributed by atoms with Crippen molar-refractivity contribution in [2.75, 3.05) is 6.61 Å². The van der Waals surface area contributed by atoms with Crippen LogP contribution in [0.4, 0.5) is 0 Å². The fraction of sp³-hybridized carbons (Fsp3) is 0.895. The highest BCUT2D eigenvalue weighted by Crippen LogP contribution is 2.35. The summed E-state index contributed by atoms with van der Waals surface area (Å²) in [4.78, 5) is 39.8. The largest absolute Gasteiger partial charge is 0.548 e. The van der Waals surface area contributed by atoms with Crippen LogP contribution in [-0.4, -0.2) is 34.3 Å². The molecule has 0 spiro atoms. The van der Waals surface area contributed by atoms with Gasteiger partial charge in [-0.2, -0.15) is 0 Å². The summed E-state index contributed by atoms with van der Waals surface area (Å²) in [5.74, 6) is -2.14. The van der Waals surface area contributed by atoms with Crippen LogP contribution in [0.15, 0.2) is 0 Å². The molecule has 0 aliphatic rings. The Bertz CT molecular complexity index is 471. The van der Waals surface area contributed by atoms with Gasteiger partial charge in [0.25, 0.3) is 0 Å². The normalized spacial score (nSPS) is 12.2. The van der Waals surface area contributed by atoms with Crippen LogP contribution in [0.1, 0.15) is 96.8 Å².